The first-order chi connectivity index (χ1) is 10.3. The highest BCUT2D eigenvalue weighted by Crippen LogP contribution is 2.24. The Hall–Kier alpha value is -0.870. The number of hydrogen-bond donors (Lipinski definition) is 0. The van der Waals surface area contributed by atoms with Crippen molar-refractivity contribution in [1.29, 1.82) is 0 Å². The Bertz CT molecular complexity index is 416. The second kappa shape index (κ2) is 8.54. The normalized spacial score (nSPS) is 20.0. The SMILES string of the molecule is CCCn1ncc(CN2CCCC[C@H]2CCCOC)c1C. The average molecular weight is 293 g/mol. The van der Waals surface area contributed by atoms with E-state index in [0.29, 0.717) is 0 Å². The number of aryl methyl sites for hydroxylation is 1. The zero-order valence-electron chi connectivity index (χ0n) is 14.0. The van der Waals surface area contributed by atoms with E-state index in [1.54, 1.807) is 7.11 Å². The molecule has 0 aliphatic carbocycles. The van der Waals surface area contributed by atoms with Crippen LogP contribution < -0.4 is 0 Å². The van der Waals surface area contributed by atoms with Gasteiger partial charge in [0.15, 0.2) is 0 Å². The molecule has 1 aromatic rings. The number of ether oxygens (including phenoxy) is 1. The molecule has 2 heterocycles. The van der Waals surface area contributed by atoms with E-state index in [1.807, 2.05) is 0 Å². The molecular formula is C17H31N3O. The van der Waals surface area contributed by atoms with Gasteiger partial charge in [-0.05, 0) is 45.6 Å². The van der Waals surface area contributed by atoms with Crippen LogP contribution in [0.5, 0.6) is 0 Å². The van der Waals surface area contributed by atoms with Crippen LogP contribution >= 0.6 is 0 Å². The number of methoxy groups -OCH3 is 1. The molecule has 1 fully saturated rings. The average Bonchev–Trinajstić information content (AvgIpc) is 2.83. The van der Waals surface area contributed by atoms with Crippen molar-refractivity contribution in [2.75, 3.05) is 20.3 Å². The molecule has 0 spiro atoms. The van der Waals surface area contributed by atoms with Gasteiger partial charge in [0.25, 0.3) is 0 Å². The van der Waals surface area contributed by atoms with Crippen molar-refractivity contribution < 1.29 is 4.74 Å². The number of piperidine rings is 1. The summed E-state index contributed by atoms with van der Waals surface area (Å²) in [4.78, 5) is 2.67. The molecule has 1 saturated heterocycles. The van der Waals surface area contributed by atoms with Gasteiger partial charge in [-0.25, -0.2) is 0 Å². The molecule has 120 valence electrons. The van der Waals surface area contributed by atoms with Gasteiger partial charge in [0.05, 0.1) is 6.20 Å². The van der Waals surface area contributed by atoms with E-state index in [0.717, 1.165) is 32.2 Å². The molecule has 1 atom stereocenters. The summed E-state index contributed by atoms with van der Waals surface area (Å²) >= 11 is 0. The standard InChI is InChI=1S/C17H31N3O/c1-4-10-20-15(2)16(13-18-20)14-19-11-6-5-8-17(19)9-7-12-21-3/h13,17H,4-12,14H2,1-3H3/t17-/m0/s1. The summed E-state index contributed by atoms with van der Waals surface area (Å²) in [6.07, 6.45) is 9.70. The van der Waals surface area contributed by atoms with Crippen LogP contribution in [0.25, 0.3) is 0 Å². The van der Waals surface area contributed by atoms with Crippen molar-refractivity contribution in [2.45, 2.75) is 71.5 Å². The van der Waals surface area contributed by atoms with E-state index in [1.165, 1.54) is 49.9 Å². The third kappa shape index (κ3) is 4.55. The maximum Gasteiger partial charge on any atom is 0.0537 e. The number of nitrogens with zero attached hydrogens (tertiary/aromatic N) is 3. The van der Waals surface area contributed by atoms with Crippen LogP contribution in [0.3, 0.4) is 0 Å². The fourth-order valence-electron chi connectivity index (χ4n) is 3.35. The molecule has 2 rings (SSSR count). The Labute approximate surface area is 129 Å². The largest absolute Gasteiger partial charge is 0.385 e. The fraction of sp³-hybridized carbons (Fsp3) is 0.824. The lowest BCUT2D eigenvalue weighted by molar-refractivity contribution is 0.116. The Kier molecular flexibility index (Phi) is 6.71. The molecule has 1 aliphatic heterocycles. The van der Waals surface area contributed by atoms with Crippen LogP contribution in [0.4, 0.5) is 0 Å². The summed E-state index contributed by atoms with van der Waals surface area (Å²) in [5.41, 5.74) is 2.75. The topological polar surface area (TPSA) is 30.3 Å². The van der Waals surface area contributed by atoms with Gasteiger partial charge in [-0.2, -0.15) is 5.10 Å². The van der Waals surface area contributed by atoms with Crippen molar-refractivity contribution in [1.82, 2.24) is 14.7 Å². The molecule has 1 aliphatic rings. The van der Waals surface area contributed by atoms with Crippen molar-refractivity contribution in [3.8, 4) is 0 Å². The van der Waals surface area contributed by atoms with Gasteiger partial charge in [0.1, 0.15) is 0 Å². The van der Waals surface area contributed by atoms with Gasteiger partial charge in [-0.3, -0.25) is 9.58 Å². The fourth-order valence-corrected chi connectivity index (χ4v) is 3.35. The molecule has 4 heteroatoms. The first-order valence-corrected chi connectivity index (χ1v) is 8.50. The molecule has 21 heavy (non-hydrogen) atoms. The Morgan fingerprint density at radius 2 is 2.24 bits per heavy atom. The number of hydrogen-bond acceptors (Lipinski definition) is 3. The summed E-state index contributed by atoms with van der Waals surface area (Å²) in [7, 11) is 1.80. The second-order valence-corrected chi connectivity index (χ2v) is 6.23. The van der Waals surface area contributed by atoms with Crippen LogP contribution in [0.1, 0.15) is 56.7 Å². The third-order valence-electron chi connectivity index (χ3n) is 4.65. The van der Waals surface area contributed by atoms with Crippen LogP contribution in [0.2, 0.25) is 0 Å². The molecule has 0 bridgehead atoms. The minimum atomic E-state index is 0.725. The summed E-state index contributed by atoms with van der Waals surface area (Å²) in [6, 6.07) is 0.725. The lowest BCUT2D eigenvalue weighted by atomic mass is 9.97. The van der Waals surface area contributed by atoms with E-state index >= 15 is 0 Å². The summed E-state index contributed by atoms with van der Waals surface area (Å²) in [5, 5.41) is 4.54. The predicted octanol–water partition coefficient (Wildman–Crippen LogP) is 3.38. The summed E-state index contributed by atoms with van der Waals surface area (Å²) in [5.74, 6) is 0. The Morgan fingerprint density at radius 1 is 1.38 bits per heavy atom. The van der Waals surface area contributed by atoms with Gasteiger partial charge < -0.3 is 4.74 Å². The number of aromatic nitrogens is 2. The summed E-state index contributed by atoms with van der Waals surface area (Å²) in [6.45, 7) is 8.63. The maximum absolute atomic E-state index is 5.20. The smallest absolute Gasteiger partial charge is 0.0537 e. The van der Waals surface area contributed by atoms with Gasteiger partial charge in [-0.1, -0.05) is 13.3 Å². The highest BCUT2D eigenvalue weighted by molar-refractivity contribution is 5.16. The maximum atomic E-state index is 5.20. The second-order valence-electron chi connectivity index (χ2n) is 6.23. The molecule has 0 saturated carbocycles. The molecular weight excluding hydrogens is 262 g/mol. The summed E-state index contributed by atoms with van der Waals surface area (Å²) < 4.78 is 7.36. The molecule has 4 nitrogen and oxygen atoms in total. The van der Waals surface area contributed by atoms with E-state index in [2.05, 4.69) is 34.7 Å². The molecule has 1 aromatic heterocycles. The zero-order chi connectivity index (χ0) is 15.1. The number of rotatable bonds is 8. The highest BCUT2D eigenvalue weighted by Gasteiger charge is 2.23. The van der Waals surface area contributed by atoms with Crippen molar-refractivity contribution in [3.05, 3.63) is 17.5 Å². The molecule has 0 aromatic carbocycles. The van der Waals surface area contributed by atoms with Gasteiger partial charge in [0.2, 0.25) is 0 Å². The monoisotopic (exact) mass is 293 g/mol. The number of likely N-dealkylation sites (tertiary alicyclic amines) is 1. The lowest BCUT2D eigenvalue weighted by Crippen LogP contribution is -2.39. The van der Waals surface area contributed by atoms with Crippen LogP contribution in [0, 0.1) is 6.92 Å². The van der Waals surface area contributed by atoms with Crippen molar-refractivity contribution >= 4 is 0 Å². The molecule has 0 amide bonds. The van der Waals surface area contributed by atoms with Crippen LogP contribution in [-0.4, -0.2) is 41.0 Å². The minimum Gasteiger partial charge on any atom is -0.385 e. The van der Waals surface area contributed by atoms with Gasteiger partial charge in [0, 0.05) is 44.1 Å². The van der Waals surface area contributed by atoms with E-state index in [4.69, 9.17) is 4.74 Å². The lowest BCUT2D eigenvalue weighted by Gasteiger charge is -2.35. The van der Waals surface area contributed by atoms with E-state index in [-0.39, 0.29) is 0 Å². The van der Waals surface area contributed by atoms with Gasteiger partial charge in [-0.15, -0.1) is 0 Å². The first kappa shape index (κ1) is 16.5. The van der Waals surface area contributed by atoms with E-state index in [9.17, 15) is 0 Å². The highest BCUT2D eigenvalue weighted by atomic mass is 16.5. The Morgan fingerprint density at radius 3 is 3.00 bits per heavy atom. The van der Waals surface area contributed by atoms with Crippen molar-refractivity contribution in [3.63, 3.8) is 0 Å². The molecule has 0 N–H and O–H groups in total. The quantitative estimate of drug-likeness (QED) is 0.688. The zero-order valence-corrected chi connectivity index (χ0v) is 14.0. The van der Waals surface area contributed by atoms with Crippen molar-refractivity contribution in [2.24, 2.45) is 0 Å². The van der Waals surface area contributed by atoms with Gasteiger partial charge >= 0.3 is 0 Å². The minimum absolute atomic E-state index is 0.725. The Balaban J connectivity index is 1.95. The molecule has 0 radical (unpaired) electrons. The van der Waals surface area contributed by atoms with E-state index < -0.39 is 0 Å². The van der Waals surface area contributed by atoms with Crippen LogP contribution in [0.15, 0.2) is 6.20 Å². The first-order valence-electron chi connectivity index (χ1n) is 8.50. The van der Waals surface area contributed by atoms with Crippen LogP contribution in [-0.2, 0) is 17.8 Å². The predicted molar refractivity (Wildman–Crippen MR) is 86.4 cm³/mol. The third-order valence-corrected chi connectivity index (χ3v) is 4.65. The molecule has 0 unspecified atom stereocenters.